The van der Waals surface area contributed by atoms with Gasteiger partial charge >= 0.3 is 6.09 Å². The smallest absolute Gasteiger partial charge is 0.405 e. The number of benzene rings is 1. The van der Waals surface area contributed by atoms with E-state index in [0.29, 0.717) is 42.5 Å². The third-order valence-electron chi connectivity index (χ3n) is 10.5. The number of nitrogens with zero attached hydrogens (tertiary/aromatic N) is 3. The topological polar surface area (TPSA) is 206 Å². The maximum Gasteiger partial charge on any atom is 0.405 e. The second-order valence-corrected chi connectivity index (χ2v) is 16.6. The number of amides is 4. The van der Waals surface area contributed by atoms with Crippen LogP contribution in [-0.2, 0) is 24.4 Å². The standard InChI is InChI=1S/C34H44N6O9S/c1-19-7-5-6-8-21-16-34(21,31(43)39-50(46,47)33(3)11-12-33)38-29(41)26-15-23(18-40(26)30(42)28(20(2)13-19)37-32(44)45)49-27-17-35-24-10-9-22(48-4)14-25(24)36-27/h6,8-10,14,17,19-21,23,26,28,37H,5,7,11-13,15-16,18H2,1-4H3,(H,38,41)(H,39,43)(H,44,45)/t19-,20-,21-,23-,26+,28+,34-/m1/s1. The molecule has 16 heteroatoms. The van der Waals surface area contributed by atoms with Gasteiger partial charge in [-0.25, -0.2) is 23.2 Å². The number of ether oxygens (including phenoxy) is 2. The zero-order valence-electron chi connectivity index (χ0n) is 28.5. The minimum absolute atomic E-state index is 0.00541. The lowest BCUT2D eigenvalue weighted by molar-refractivity contribution is -0.142. The van der Waals surface area contributed by atoms with E-state index in [1.165, 1.54) is 18.2 Å². The van der Waals surface area contributed by atoms with Crippen LogP contribution in [0.2, 0.25) is 0 Å². The van der Waals surface area contributed by atoms with Gasteiger partial charge in [0.1, 0.15) is 29.5 Å². The van der Waals surface area contributed by atoms with Crippen molar-refractivity contribution in [3.63, 3.8) is 0 Å². The SMILES string of the molecule is COc1ccc2ncc(O[C@@H]3C[C@H]4C(=O)N[C@]5(C(=O)NS(=O)(=O)C6(C)CC6)C[C@H]5C=CCC[C@@H](C)C[C@@H](C)[C@H](NC(=O)O)C(=O)N4C3)nc2c1. The first-order chi connectivity index (χ1) is 23.6. The van der Waals surface area contributed by atoms with Gasteiger partial charge in [0.25, 0.3) is 5.91 Å². The van der Waals surface area contributed by atoms with Crippen molar-refractivity contribution in [2.45, 2.75) is 94.2 Å². The Kier molecular flexibility index (Phi) is 9.43. The number of carboxylic acid groups (broad SMARTS) is 1. The van der Waals surface area contributed by atoms with E-state index in [-0.39, 0.29) is 31.2 Å². The molecule has 0 bridgehead atoms. The van der Waals surface area contributed by atoms with E-state index in [1.54, 1.807) is 32.0 Å². The fourth-order valence-electron chi connectivity index (χ4n) is 7.06. The van der Waals surface area contributed by atoms with Gasteiger partial charge in [0.15, 0.2) is 0 Å². The highest BCUT2D eigenvalue weighted by Crippen LogP contribution is 2.47. The molecule has 50 heavy (non-hydrogen) atoms. The van der Waals surface area contributed by atoms with Crippen LogP contribution in [0.4, 0.5) is 4.79 Å². The summed E-state index contributed by atoms with van der Waals surface area (Å²) in [4.78, 5) is 64.4. The molecule has 4 amide bonds. The highest BCUT2D eigenvalue weighted by atomic mass is 32.2. The minimum atomic E-state index is -4.00. The van der Waals surface area contributed by atoms with Gasteiger partial charge in [-0.1, -0.05) is 26.0 Å². The first-order valence-electron chi connectivity index (χ1n) is 17.0. The number of sulfonamides is 1. The van der Waals surface area contributed by atoms with Crippen molar-refractivity contribution in [2.24, 2.45) is 17.8 Å². The molecule has 15 nitrogen and oxygen atoms in total. The first kappa shape index (κ1) is 35.4. The van der Waals surface area contributed by atoms with Crippen LogP contribution >= 0.6 is 0 Å². The van der Waals surface area contributed by atoms with E-state index >= 15 is 0 Å². The Morgan fingerprint density at radius 1 is 1.14 bits per heavy atom. The van der Waals surface area contributed by atoms with Crippen LogP contribution < -0.4 is 24.8 Å². The maximum absolute atomic E-state index is 14.3. The van der Waals surface area contributed by atoms with Gasteiger partial charge in [-0.2, -0.15) is 0 Å². The van der Waals surface area contributed by atoms with Crippen molar-refractivity contribution < 1.29 is 42.2 Å². The van der Waals surface area contributed by atoms with Crippen LogP contribution in [0.15, 0.2) is 36.5 Å². The molecule has 4 aliphatic rings. The molecular formula is C34H44N6O9S. The quantitative estimate of drug-likeness (QED) is 0.307. The zero-order chi connectivity index (χ0) is 36.0. The van der Waals surface area contributed by atoms with Gasteiger partial charge in [0.2, 0.25) is 27.7 Å². The molecule has 2 aromatic rings. The second-order valence-electron chi connectivity index (χ2n) is 14.5. The molecule has 4 N–H and O–H groups in total. The van der Waals surface area contributed by atoms with Gasteiger partial charge < -0.3 is 30.1 Å². The highest BCUT2D eigenvalue weighted by molar-refractivity contribution is 7.91. The molecule has 1 aromatic carbocycles. The molecule has 1 aromatic heterocycles. The van der Waals surface area contributed by atoms with Crippen molar-refractivity contribution in [3.8, 4) is 11.6 Å². The molecule has 3 fully saturated rings. The number of rotatable bonds is 7. The monoisotopic (exact) mass is 712 g/mol. The first-order valence-corrected chi connectivity index (χ1v) is 18.5. The number of carbonyl (C=O) groups is 4. The number of hydrogen-bond acceptors (Lipinski definition) is 10. The lowest BCUT2D eigenvalue weighted by atomic mass is 9.88. The molecule has 0 radical (unpaired) electrons. The molecule has 2 saturated carbocycles. The lowest BCUT2D eigenvalue weighted by Crippen LogP contribution is -2.59. The largest absolute Gasteiger partial charge is 0.497 e. The van der Waals surface area contributed by atoms with Crippen molar-refractivity contribution in [1.82, 2.24) is 30.2 Å². The summed E-state index contributed by atoms with van der Waals surface area (Å²) in [5, 5.41) is 14.9. The van der Waals surface area contributed by atoms with Crippen LogP contribution in [-0.4, -0.2) is 94.3 Å². The Labute approximate surface area is 290 Å². The summed E-state index contributed by atoms with van der Waals surface area (Å²) in [5.41, 5.74) is -0.430. The van der Waals surface area contributed by atoms with Gasteiger partial charge in [-0.3, -0.25) is 19.1 Å². The Hall–Kier alpha value is -4.47. The molecule has 1 saturated heterocycles. The number of methoxy groups -OCH3 is 1. The van der Waals surface area contributed by atoms with Gasteiger partial charge in [-0.15, -0.1) is 0 Å². The molecule has 2 aliphatic carbocycles. The molecular weight excluding hydrogens is 668 g/mol. The van der Waals surface area contributed by atoms with Gasteiger partial charge in [-0.05, 0) is 69.4 Å². The van der Waals surface area contributed by atoms with Crippen LogP contribution in [0.5, 0.6) is 11.6 Å². The summed E-state index contributed by atoms with van der Waals surface area (Å²) in [5.74, 6) is -2.13. The second kappa shape index (κ2) is 13.3. The summed E-state index contributed by atoms with van der Waals surface area (Å²) in [6.07, 6.45) is 6.03. The molecule has 2 aliphatic heterocycles. The molecule has 270 valence electrons. The highest BCUT2D eigenvalue weighted by Gasteiger charge is 2.63. The zero-order valence-corrected chi connectivity index (χ0v) is 29.4. The van der Waals surface area contributed by atoms with Crippen molar-refractivity contribution in [2.75, 3.05) is 13.7 Å². The normalized spacial score (nSPS) is 30.9. The Balaban J connectivity index is 1.32. The average molecular weight is 713 g/mol. The number of aromatic nitrogens is 2. The van der Waals surface area contributed by atoms with Crippen LogP contribution in [0, 0.1) is 17.8 Å². The third-order valence-corrected chi connectivity index (χ3v) is 12.7. The number of hydrogen-bond donors (Lipinski definition) is 4. The number of allylic oxidation sites excluding steroid dienone is 1. The Morgan fingerprint density at radius 3 is 2.60 bits per heavy atom. The van der Waals surface area contributed by atoms with Gasteiger partial charge in [0.05, 0.1) is 35.6 Å². The van der Waals surface area contributed by atoms with E-state index in [0.717, 1.165) is 6.42 Å². The number of nitrogens with one attached hydrogen (secondary N) is 3. The fraction of sp³-hybridized carbons (Fsp3) is 0.588. The van der Waals surface area contributed by atoms with E-state index in [4.69, 9.17) is 9.47 Å². The van der Waals surface area contributed by atoms with Crippen LogP contribution in [0.3, 0.4) is 0 Å². The summed E-state index contributed by atoms with van der Waals surface area (Å²) in [6.45, 7) is 5.32. The number of fused-ring (bicyclic) bond motifs is 3. The van der Waals surface area contributed by atoms with Crippen LogP contribution in [0.25, 0.3) is 11.0 Å². The summed E-state index contributed by atoms with van der Waals surface area (Å²) in [6, 6.07) is 2.88. The Bertz CT molecular complexity index is 1830. The maximum atomic E-state index is 14.3. The molecule has 0 unspecified atom stereocenters. The third kappa shape index (κ3) is 7.07. The van der Waals surface area contributed by atoms with Crippen molar-refractivity contribution in [3.05, 3.63) is 36.5 Å². The average Bonchev–Trinajstić information content (AvgIpc) is 3.94. The predicted octanol–water partition coefficient (Wildman–Crippen LogP) is 2.51. The van der Waals surface area contributed by atoms with E-state index in [9.17, 15) is 32.7 Å². The van der Waals surface area contributed by atoms with E-state index in [1.807, 2.05) is 19.1 Å². The van der Waals surface area contributed by atoms with Crippen molar-refractivity contribution in [1.29, 1.82) is 0 Å². The molecule has 0 spiro atoms. The van der Waals surface area contributed by atoms with E-state index < -0.39 is 74.1 Å². The number of carbonyl (C=O) groups excluding carboxylic acids is 3. The lowest BCUT2D eigenvalue weighted by Gasteiger charge is -2.32. The van der Waals surface area contributed by atoms with E-state index in [2.05, 4.69) is 25.3 Å². The molecule has 6 rings (SSSR count). The Morgan fingerprint density at radius 2 is 1.90 bits per heavy atom. The minimum Gasteiger partial charge on any atom is -0.497 e. The molecule has 7 atom stereocenters. The fourth-order valence-corrected chi connectivity index (χ4v) is 8.37. The van der Waals surface area contributed by atoms with Crippen LogP contribution in [0.1, 0.15) is 65.7 Å². The summed E-state index contributed by atoms with van der Waals surface area (Å²) >= 11 is 0. The van der Waals surface area contributed by atoms with Gasteiger partial charge in [0, 0.05) is 18.4 Å². The summed E-state index contributed by atoms with van der Waals surface area (Å²) < 4.78 is 38.8. The predicted molar refractivity (Wildman–Crippen MR) is 181 cm³/mol. The van der Waals surface area contributed by atoms with Crippen molar-refractivity contribution >= 4 is 44.9 Å². The summed E-state index contributed by atoms with van der Waals surface area (Å²) in [7, 11) is -2.46. The molecule has 3 heterocycles.